The Morgan fingerprint density at radius 3 is 2.77 bits per heavy atom. The Morgan fingerprint density at radius 1 is 1.10 bits per heavy atom. The third-order valence-corrected chi connectivity index (χ3v) is 5.73. The maximum Gasteiger partial charge on any atom is 0.191 e. The molecule has 0 aliphatic carbocycles. The van der Waals surface area contributed by atoms with E-state index in [1.54, 1.807) is 7.05 Å². The molecule has 4 rings (SSSR count). The number of nitrogens with one attached hydrogen (secondary N) is 2. The minimum absolute atomic E-state index is 0.661. The molecule has 164 valence electrons. The largest absolute Gasteiger partial charge is 0.356 e. The number of aliphatic imine (C=N–C) groups is 1. The van der Waals surface area contributed by atoms with Gasteiger partial charge in [-0.05, 0) is 44.4 Å². The second-order valence-corrected chi connectivity index (χ2v) is 8.06. The number of nitrogens with zero attached hydrogens (tertiary/aromatic N) is 6. The minimum atomic E-state index is 0.661. The van der Waals surface area contributed by atoms with Crippen LogP contribution in [0.15, 0.2) is 35.3 Å². The van der Waals surface area contributed by atoms with Crippen LogP contribution in [0.2, 0.25) is 0 Å². The molecule has 3 heterocycles. The Hall–Kier alpha value is -3.16. The van der Waals surface area contributed by atoms with Crippen LogP contribution in [-0.4, -0.2) is 44.1 Å². The van der Waals surface area contributed by atoms with Gasteiger partial charge >= 0.3 is 0 Å². The highest BCUT2D eigenvalue weighted by Crippen LogP contribution is 2.17. The zero-order chi connectivity index (χ0) is 21.6. The van der Waals surface area contributed by atoms with Crippen LogP contribution in [0.4, 0.5) is 0 Å². The van der Waals surface area contributed by atoms with E-state index in [1.807, 2.05) is 17.7 Å². The highest BCUT2D eigenvalue weighted by atomic mass is 15.3. The molecule has 2 aromatic heterocycles. The molecule has 0 saturated heterocycles. The summed E-state index contributed by atoms with van der Waals surface area (Å²) >= 11 is 0. The van der Waals surface area contributed by atoms with Crippen LogP contribution in [-0.2, 0) is 25.9 Å². The van der Waals surface area contributed by atoms with Gasteiger partial charge < -0.3 is 15.2 Å². The molecule has 1 aliphatic rings. The van der Waals surface area contributed by atoms with Crippen molar-refractivity contribution in [1.82, 2.24) is 35.2 Å². The van der Waals surface area contributed by atoms with Gasteiger partial charge in [0, 0.05) is 45.2 Å². The zero-order valence-corrected chi connectivity index (χ0v) is 18.7. The number of aryl methyl sites for hydroxylation is 3. The molecule has 0 radical (unpaired) electrons. The van der Waals surface area contributed by atoms with Crippen LogP contribution >= 0.6 is 0 Å². The topological polar surface area (TPSA) is 85.0 Å². The SMILES string of the molecule is CN=C(NCCc1nnc2n1CCCCC2)NCc1ccccc1-n1nc(C)cc1C. The first-order chi connectivity index (χ1) is 15.2. The lowest BCUT2D eigenvalue weighted by Gasteiger charge is -2.15. The van der Waals surface area contributed by atoms with Crippen LogP contribution in [0.1, 0.15) is 47.9 Å². The average Bonchev–Trinajstić information content (AvgIpc) is 3.22. The summed E-state index contributed by atoms with van der Waals surface area (Å²) in [6, 6.07) is 10.4. The maximum atomic E-state index is 4.64. The van der Waals surface area contributed by atoms with Crippen LogP contribution < -0.4 is 10.6 Å². The summed E-state index contributed by atoms with van der Waals surface area (Å²) in [5.74, 6) is 2.98. The third kappa shape index (κ3) is 4.95. The van der Waals surface area contributed by atoms with Gasteiger partial charge in [0.15, 0.2) is 5.96 Å². The lowest BCUT2D eigenvalue weighted by molar-refractivity contribution is 0.600. The van der Waals surface area contributed by atoms with Gasteiger partial charge in [-0.2, -0.15) is 5.10 Å². The number of benzene rings is 1. The summed E-state index contributed by atoms with van der Waals surface area (Å²) in [6.07, 6.45) is 5.57. The minimum Gasteiger partial charge on any atom is -0.356 e. The van der Waals surface area contributed by atoms with Crippen molar-refractivity contribution in [3.63, 3.8) is 0 Å². The smallest absolute Gasteiger partial charge is 0.191 e. The number of fused-ring (bicyclic) bond motifs is 1. The van der Waals surface area contributed by atoms with E-state index in [9.17, 15) is 0 Å². The first-order valence-electron chi connectivity index (χ1n) is 11.1. The van der Waals surface area contributed by atoms with E-state index in [2.05, 4.69) is 66.7 Å². The predicted molar refractivity (Wildman–Crippen MR) is 123 cm³/mol. The monoisotopic (exact) mass is 420 g/mol. The van der Waals surface area contributed by atoms with Gasteiger partial charge in [0.1, 0.15) is 11.6 Å². The van der Waals surface area contributed by atoms with Crippen molar-refractivity contribution in [2.24, 2.45) is 4.99 Å². The molecule has 1 aromatic carbocycles. The summed E-state index contributed by atoms with van der Waals surface area (Å²) < 4.78 is 4.30. The highest BCUT2D eigenvalue weighted by molar-refractivity contribution is 5.79. The molecule has 8 nitrogen and oxygen atoms in total. The van der Waals surface area contributed by atoms with Crippen LogP contribution in [0.3, 0.4) is 0 Å². The number of rotatable bonds is 6. The Balaban J connectivity index is 1.35. The summed E-state index contributed by atoms with van der Waals surface area (Å²) in [4.78, 5) is 4.38. The van der Waals surface area contributed by atoms with E-state index in [-0.39, 0.29) is 0 Å². The molecular weight excluding hydrogens is 388 g/mol. The van der Waals surface area contributed by atoms with Gasteiger partial charge in [-0.3, -0.25) is 4.99 Å². The van der Waals surface area contributed by atoms with Crippen LogP contribution in [0, 0.1) is 13.8 Å². The van der Waals surface area contributed by atoms with E-state index in [0.717, 1.165) is 60.6 Å². The number of hydrogen-bond donors (Lipinski definition) is 2. The summed E-state index contributed by atoms with van der Waals surface area (Å²) in [5, 5.41) is 20.3. The fourth-order valence-corrected chi connectivity index (χ4v) is 4.16. The molecule has 0 amide bonds. The predicted octanol–water partition coefficient (Wildman–Crippen LogP) is 2.71. The van der Waals surface area contributed by atoms with E-state index in [1.165, 1.54) is 24.8 Å². The molecule has 0 fully saturated rings. The third-order valence-electron chi connectivity index (χ3n) is 5.73. The van der Waals surface area contributed by atoms with Gasteiger partial charge in [0.2, 0.25) is 0 Å². The molecular formula is C23H32N8. The normalized spacial score (nSPS) is 14.2. The Kier molecular flexibility index (Phi) is 6.64. The molecule has 31 heavy (non-hydrogen) atoms. The fourth-order valence-electron chi connectivity index (χ4n) is 4.16. The lowest BCUT2D eigenvalue weighted by Crippen LogP contribution is -2.38. The Labute approximate surface area is 183 Å². The first-order valence-corrected chi connectivity index (χ1v) is 11.1. The second-order valence-electron chi connectivity index (χ2n) is 8.06. The Bertz CT molecular complexity index is 1050. The fraction of sp³-hybridized carbons (Fsp3) is 0.478. The quantitative estimate of drug-likeness (QED) is 0.473. The van der Waals surface area contributed by atoms with Gasteiger partial charge in [-0.25, -0.2) is 4.68 Å². The molecule has 3 aromatic rings. The van der Waals surface area contributed by atoms with Crippen molar-refractivity contribution >= 4 is 5.96 Å². The van der Waals surface area contributed by atoms with Gasteiger partial charge in [-0.15, -0.1) is 10.2 Å². The Morgan fingerprint density at radius 2 is 1.97 bits per heavy atom. The van der Waals surface area contributed by atoms with Crippen molar-refractivity contribution in [3.8, 4) is 5.69 Å². The standard InChI is InChI=1S/C23H32N8/c1-17-15-18(2)31(29-17)20-10-7-6-9-19(20)16-26-23(24-3)25-13-12-22-28-27-21-11-5-4-8-14-30(21)22/h6-7,9-10,15H,4-5,8,11-14,16H2,1-3H3,(H2,24,25,26). The number of aromatic nitrogens is 5. The zero-order valence-electron chi connectivity index (χ0n) is 18.7. The van der Waals surface area contributed by atoms with Crippen molar-refractivity contribution in [1.29, 1.82) is 0 Å². The van der Waals surface area contributed by atoms with Crippen LogP contribution in [0.25, 0.3) is 5.69 Å². The molecule has 0 spiro atoms. The van der Waals surface area contributed by atoms with Crippen molar-refractivity contribution in [2.75, 3.05) is 13.6 Å². The molecule has 0 bridgehead atoms. The van der Waals surface area contributed by atoms with E-state index < -0.39 is 0 Å². The number of hydrogen-bond acceptors (Lipinski definition) is 4. The summed E-state index contributed by atoms with van der Waals surface area (Å²) in [7, 11) is 1.80. The number of guanidine groups is 1. The second kappa shape index (κ2) is 9.76. The van der Waals surface area contributed by atoms with Crippen molar-refractivity contribution < 1.29 is 0 Å². The lowest BCUT2D eigenvalue weighted by atomic mass is 10.1. The summed E-state index contributed by atoms with van der Waals surface area (Å²) in [6.45, 7) is 6.56. The molecule has 0 saturated carbocycles. The van der Waals surface area contributed by atoms with Gasteiger partial charge in [0.25, 0.3) is 0 Å². The van der Waals surface area contributed by atoms with E-state index >= 15 is 0 Å². The molecule has 8 heteroatoms. The van der Waals surface area contributed by atoms with E-state index in [4.69, 9.17) is 0 Å². The van der Waals surface area contributed by atoms with Gasteiger partial charge in [0.05, 0.1) is 11.4 Å². The summed E-state index contributed by atoms with van der Waals surface area (Å²) in [5.41, 5.74) is 4.39. The van der Waals surface area contributed by atoms with Gasteiger partial charge in [-0.1, -0.05) is 24.6 Å². The van der Waals surface area contributed by atoms with Crippen molar-refractivity contribution in [3.05, 3.63) is 58.9 Å². The van der Waals surface area contributed by atoms with Crippen molar-refractivity contribution in [2.45, 2.75) is 59.0 Å². The average molecular weight is 421 g/mol. The molecule has 1 aliphatic heterocycles. The molecule has 0 atom stereocenters. The van der Waals surface area contributed by atoms with Crippen LogP contribution in [0.5, 0.6) is 0 Å². The van der Waals surface area contributed by atoms with E-state index in [0.29, 0.717) is 6.54 Å². The maximum absolute atomic E-state index is 4.64. The first kappa shape index (κ1) is 21.1. The molecule has 2 N–H and O–H groups in total. The molecule has 0 unspecified atom stereocenters. The highest BCUT2D eigenvalue weighted by Gasteiger charge is 2.14. The number of para-hydroxylation sites is 1.